The standard InChI is InChI=1S/C17H20N4O3S2.C15H16N4O3S.2H2S/c1-2-25-9-8-15-19-20-16(26-15)18-14(22)10-21-13(11-24-17(21)23)12-6-4-3-5-7-12;1-2-13-17-18-14(23-13)16-12(20)8-19-11(9-22-15(19)21)10-6-4-3-5-7-10;;/h3-7,13H,2,8-11H2,1H3,(H,18,20,22);3-7,11H,2,8-9H2,1H3,(H,16,18,20);2*1H2/t13-;11-;;/m11../s1. The topological polar surface area (TPSA) is 169 Å². The van der Waals surface area contributed by atoms with Crippen LogP contribution in [0.15, 0.2) is 60.7 Å². The predicted octanol–water partition coefficient (Wildman–Crippen LogP) is 5.42. The zero-order valence-corrected chi connectivity index (χ0v) is 32.4. The van der Waals surface area contributed by atoms with E-state index in [9.17, 15) is 19.2 Å². The number of rotatable bonds is 13. The summed E-state index contributed by atoms with van der Waals surface area (Å²) >= 11 is 4.53. The van der Waals surface area contributed by atoms with E-state index in [4.69, 9.17) is 9.47 Å². The summed E-state index contributed by atoms with van der Waals surface area (Å²) in [6.07, 6.45) is 0.631. The van der Waals surface area contributed by atoms with Gasteiger partial charge in [0.05, 0.1) is 12.1 Å². The quantitative estimate of drug-likeness (QED) is 0.166. The lowest BCUT2D eigenvalue weighted by Gasteiger charge is -2.20. The maximum Gasteiger partial charge on any atom is 0.410 e. The van der Waals surface area contributed by atoms with Gasteiger partial charge in [-0.15, -0.1) is 20.4 Å². The minimum atomic E-state index is -0.486. The number of anilines is 2. The molecule has 0 unspecified atom stereocenters. The van der Waals surface area contributed by atoms with Crippen LogP contribution < -0.4 is 10.6 Å². The van der Waals surface area contributed by atoms with E-state index in [1.807, 2.05) is 79.3 Å². The molecule has 4 aromatic rings. The number of aromatic nitrogens is 4. The number of thioether (sulfide) groups is 1. The highest BCUT2D eigenvalue weighted by molar-refractivity contribution is 7.99. The van der Waals surface area contributed by atoms with Crippen LogP contribution in [0.4, 0.5) is 19.9 Å². The number of aryl methyl sites for hydroxylation is 2. The highest BCUT2D eigenvalue weighted by Crippen LogP contribution is 2.29. The molecule has 2 aliphatic rings. The molecule has 0 bridgehead atoms. The van der Waals surface area contributed by atoms with Crippen LogP contribution in [0, 0.1) is 0 Å². The average Bonchev–Trinajstić information content (AvgIpc) is 3.92. The highest BCUT2D eigenvalue weighted by atomic mass is 32.2. The van der Waals surface area contributed by atoms with Crippen molar-refractivity contribution in [3.63, 3.8) is 0 Å². The summed E-state index contributed by atoms with van der Waals surface area (Å²) in [6.45, 7) is 4.40. The third-order valence-electron chi connectivity index (χ3n) is 7.34. The Labute approximate surface area is 322 Å². The van der Waals surface area contributed by atoms with Gasteiger partial charge in [-0.3, -0.25) is 30.0 Å². The van der Waals surface area contributed by atoms with E-state index < -0.39 is 12.2 Å². The molecule has 6 rings (SSSR count). The van der Waals surface area contributed by atoms with Crippen molar-refractivity contribution in [2.24, 2.45) is 0 Å². The van der Waals surface area contributed by atoms with E-state index in [0.717, 1.165) is 45.5 Å². The second-order valence-corrected chi connectivity index (χ2v) is 14.2. The third kappa shape index (κ3) is 11.8. The SMILES string of the molecule is CCSCCc1nnc(NC(=O)CN2C(=O)OC[C@@H]2c2ccccc2)s1.CCc1nnc(NC(=O)CN2C(=O)OC[C@@H]2c2ccccc2)s1.S.S. The summed E-state index contributed by atoms with van der Waals surface area (Å²) in [7, 11) is 0. The number of carbonyl (C=O) groups excluding carboxylic acids is 4. The summed E-state index contributed by atoms with van der Waals surface area (Å²) < 4.78 is 10.2. The second kappa shape index (κ2) is 20.8. The van der Waals surface area contributed by atoms with Crippen LogP contribution in [-0.2, 0) is 31.9 Å². The van der Waals surface area contributed by atoms with Gasteiger partial charge in [-0.25, -0.2) is 9.59 Å². The minimum Gasteiger partial charge on any atom is -0.447 e. The first kappa shape index (κ1) is 41.5. The van der Waals surface area contributed by atoms with Crippen molar-refractivity contribution in [3.8, 4) is 0 Å². The molecular formula is C32H40N8O6S5. The molecular weight excluding hydrogens is 753 g/mol. The summed E-state index contributed by atoms with van der Waals surface area (Å²) in [6, 6.07) is 18.5. The molecule has 51 heavy (non-hydrogen) atoms. The van der Waals surface area contributed by atoms with Gasteiger partial charge in [-0.05, 0) is 29.1 Å². The van der Waals surface area contributed by atoms with Gasteiger partial charge in [-0.2, -0.15) is 38.8 Å². The van der Waals surface area contributed by atoms with Crippen molar-refractivity contribution in [2.75, 3.05) is 48.4 Å². The van der Waals surface area contributed by atoms with Crippen LogP contribution in [0.25, 0.3) is 0 Å². The Morgan fingerprint density at radius 3 is 1.63 bits per heavy atom. The van der Waals surface area contributed by atoms with E-state index in [1.54, 1.807) is 0 Å². The number of hydrogen-bond acceptors (Lipinski definition) is 13. The molecule has 4 heterocycles. The van der Waals surface area contributed by atoms with Gasteiger partial charge in [0.1, 0.15) is 36.3 Å². The smallest absolute Gasteiger partial charge is 0.410 e. The third-order valence-corrected chi connectivity index (χ3v) is 10.1. The van der Waals surface area contributed by atoms with Gasteiger partial charge >= 0.3 is 12.2 Å². The Balaban J connectivity index is 0.000000267. The monoisotopic (exact) mass is 792 g/mol. The van der Waals surface area contributed by atoms with E-state index in [1.165, 1.54) is 32.5 Å². The minimum absolute atomic E-state index is 0. The van der Waals surface area contributed by atoms with Crippen LogP contribution in [-0.4, -0.2) is 92.0 Å². The summed E-state index contributed by atoms with van der Waals surface area (Å²) in [4.78, 5) is 51.2. The molecule has 0 spiro atoms. The van der Waals surface area contributed by atoms with Crippen molar-refractivity contribution in [1.82, 2.24) is 30.2 Å². The van der Waals surface area contributed by atoms with Crippen molar-refractivity contribution >= 4 is 95.7 Å². The average molecular weight is 793 g/mol. The molecule has 14 nitrogen and oxygen atoms in total. The number of ether oxygens (including phenoxy) is 2. The van der Waals surface area contributed by atoms with Gasteiger partial charge < -0.3 is 9.47 Å². The Morgan fingerprint density at radius 1 is 0.745 bits per heavy atom. The number of amides is 4. The fourth-order valence-electron chi connectivity index (χ4n) is 4.94. The maximum atomic E-state index is 12.3. The number of carbonyl (C=O) groups is 4. The Morgan fingerprint density at radius 2 is 1.20 bits per heavy atom. The first-order valence-electron chi connectivity index (χ1n) is 15.6. The number of hydrogen-bond donors (Lipinski definition) is 2. The van der Waals surface area contributed by atoms with Gasteiger partial charge in [0.25, 0.3) is 0 Å². The lowest BCUT2D eigenvalue weighted by Crippen LogP contribution is -2.35. The Bertz CT molecular complexity index is 1710. The van der Waals surface area contributed by atoms with Crippen molar-refractivity contribution < 1.29 is 28.7 Å². The largest absolute Gasteiger partial charge is 0.447 e. The van der Waals surface area contributed by atoms with Gasteiger partial charge in [0.2, 0.25) is 22.1 Å². The molecule has 2 saturated heterocycles. The summed E-state index contributed by atoms with van der Waals surface area (Å²) in [5.74, 6) is 1.42. The Hall–Kier alpha value is -3.91. The molecule has 19 heteroatoms. The van der Waals surface area contributed by atoms with Gasteiger partial charge in [0.15, 0.2) is 0 Å². The number of benzene rings is 2. The molecule has 2 atom stereocenters. The molecule has 2 fully saturated rings. The molecule has 0 radical (unpaired) electrons. The first-order valence-corrected chi connectivity index (χ1v) is 18.4. The molecule has 0 saturated carbocycles. The van der Waals surface area contributed by atoms with Crippen LogP contribution >= 0.6 is 61.4 Å². The molecule has 2 aliphatic heterocycles. The fourth-order valence-corrected chi connectivity index (χ4v) is 7.14. The number of nitrogens with one attached hydrogen (secondary N) is 2. The maximum absolute atomic E-state index is 12.3. The number of nitrogens with zero attached hydrogens (tertiary/aromatic N) is 6. The lowest BCUT2D eigenvalue weighted by atomic mass is 10.1. The number of cyclic esters (lactones) is 2. The molecule has 4 amide bonds. The molecule has 2 aromatic carbocycles. The first-order chi connectivity index (χ1) is 23.8. The molecule has 0 aliphatic carbocycles. The van der Waals surface area contributed by atoms with Crippen LogP contribution in [0.5, 0.6) is 0 Å². The normalized spacial score (nSPS) is 16.2. The highest BCUT2D eigenvalue weighted by Gasteiger charge is 2.36. The molecule has 274 valence electrons. The Kier molecular flexibility index (Phi) is 16.9. The summed E-state index contributed by atoms with van der Waals surface area (Å²) in [5.41, 5.74) is 1.88. The van der Waals surface area contributed by atoms with Crippen LogP contribution in [0.1, 0.15) is 47.1 Å². The van der Waals surface area contributed by atoms with E-state index in [2.05, 4.69) is 38.0 Å². The van der Waals surface area contributed by atoms with E-state index in [0.29, 0.717) is 10.3 Å². The van der Waals surface area contributed by atoms with Crippen LogP contribution in [0.2, 0.25) is 0 Å². The lowest BCUT2D eigenvalue weighted by molar-refractivity contribution is -0.117. The van der Waals surface area contributed by atoms with Crippen molar-refractivity contribution in [3.05, 3.63) is 81.8 Å². The van der Waals surface area contributed by atoms with Crippen molar-refractivity contribution in [2.45, 2.75) is 38.8 Å². The zero-order chi connectivity index (χ0) is 34.6. The van der Waals surface area contributed by atoms with E-state index >= 15 is 0 Å². The van der Waals surface area contributed by atoms with E-state index in [-0.39, 0.29) is 77.2 Å². The predicted molar refractivity (Wildman–Crippen MR) is 208 cm³/mol. The second-order valence-electron chi connectivity index (χ2n) is 10.7. The molecule has 2 aromatic heterocycles. The van der Waals surface area contributed by atoms with Crippen LogP contribution in [0.3, 0.4) is 0 Å². The summed E-state index contributed by atoms with van der Waals surface area (Å²) in [5, 5.41) is 24.0. The van der Waals surface area contributed by atoms with Gasteiger partial charge in [0, 0.05) is 6.42 Å². The molecule has 2 N–H and O–H groups in total. The fraction of sp³-hybridized carbons (Fsp3) is 0.375. The van der Waals surface area contributed by atoms with Gasteiger partial charge in [-0.1, -0.05) is 97.2 Å². The zero-order valence-electron chi connectivity index (χ0n) is 27.9. The van der Waals surface area contributed by atoms with Crippen molar-refractivity contribution in [1.29, 1.82) is 0 Å².